The van der Waals surface area contributed by atoms with Crippen LogP contribution < -0.4 is 10.6 Å². The number of non-ortho nitro benzene ring substituents is 1. The van der Waals surface area contributed by atoms with Crippen molar-refractivity contribution in [2.24, 2.45) is 0 Å². The molecule has 0 aliphatic rings. The summed E-state index contributed by atoms with van der Waals surface area (Å²) in [6.45, 7) is 1.89. The first-order chi connectivity index (χ1) is 8.42. The number of nitrogens with zero attached hydrogens (tertiary/aromatic N) is 1. The lowest BCUT2D eigenvalue weighted by Crippen LogP contribution is -2.22. The van der Waals surface area contributed by atoms with Gasteiger partial charge in [0.25, 0.3) is 5.69 Å². The Morgan fingerprint density at radius 3 is 2.50 bits per heavy atom. The van der Waals surface area contributed by atoms with Gasteiger partial charge in [-0.1, -0.05) is 0 Å². The maximum atomic E-state index is 11.1. The summed E-state index contributed by atoms with van der Waals surface area (Å²) in [5, 5.41) is 16.8. The van der Waals surface area contributed by atoms with Crippen LogP contribution in [-0.2, 0) is 10.8 Å². The molecule has 0 aromatic heterocycles. The normalized spacial score (nSPS) is 13.7. The Hall–Kier alpha value is -1.63. The van der Waals surface area contributed by atoms with Crippen molar-refractivity contribution in [1.82, 2.24) is 0 Å². The molecule has 0 saturated carbocycles. The van der Waals surface area contributed by atoms with Crippen LogP contribution in [0.5, 0.6) is 0 Å². The van der Waals surface area contributed by atoms with Crippen molar-refractivity contribution in [3.05, 3.63) is 28.3 Å². The lowest BCUT2D eigenvalue weighted by atomic mass is 10.2. The standard InChI is InChI=1S/C11H17N3O3S/c1-8(7-18(3)17)13-10-4-9(12-2)5-11(6-10)14(15)16/h4-6,8,12-13H,7H2,1-3H3. The van der Waals surface area contributed by atoms with Crippen molar-refractivity contribution in [3.63, 3.8) is 0 Å². The van der Waals surface area contributed by atoms with E-state index in [0.29, 0.717) is 17.1 Å². The third-order valence-electron chi connectivity index (χ3n) is 2.32. The molecule has 1 aromatic carbocycles. The molecule has 2 N–H and O–H groups in total. The van der Waals surface area contributed by atoms with Crippen LogP contribution in [0.1, 0.15) is 6.92 Å². The number of rotatable bonds is 6. The number of hydrogen-bond acceptors (Lipinski definition) is 5. The Kier molecular flexibility index (Phi) is 5.08. The second-order valence-corrected chi connectivity index (χ2v) is 5.54. The second-order valence-electron chi connectivity index (χ2n) is 4.06. The van der Waals surface area contributed by atoms with Gasteiger partial charge in [0.15, 0.2) is 0 Å². The van der Waals surface area contributed by atoms with Crippen molar-refractivity contribution < 1.29 is 9.13 Å². The van der Waals surface area contributed by atoms with E-state index in [2.05, 4.69) is 10.6 Å². The van der Waals surface area contributed by atoms with Crippen molar-refractivity contribution in [2.75, 3.05) is 29.7 Å². The van der Waals surface area contributed by atoms with Crippen LogP contribution in [0.3, 0.4) is 0 Å². The Labute approximate surface area is 108 Å². The molecule has 0 amide bonds. The smallest absolute Gasteiger partial charge is 0.273 e. The van der Waals surface area contributed by atoms with E-state index in [-0.39, 0.29) is 11.7 Å². The van der Waals surface area contributed by atoms with Crippen LogP contribution in [0.15, 0.2) is 18.2 Å². The van der Waals surface area contributed by atoms with Gasteiger partial charge in [-0.25, -0.2) is 0 Å². The molecule has 0 fully saturated rings. The molecule has 0 bridgehead atoms. The third-order valence-corrected chi connectivity index (χ3v) is 3.28. The summed E-state index contributed by atoms with van der Waals surface area (Å²) < 4.78 is 11.1. The van der Waals surface area contributed by atoms with Gasteiger partial charge in [-0.15, -0.1) is 0 Å². The fraction of sp³-hybridized carbons (Fsp3) is 0.455. The first kappa shape index (κ1) is 14.4. The number of benzene rings is 1. The quantitative estimate of drug-likeness (QED) is 0.609. The van der Waals surface area contributed by atoms with Gasteiger partial charge in [-0.05, 0) is 13.0 Å². The second kappa shape index (κ2) is 6.34. The van der Waals surface area contributed by atoms with Gasteiger partial charge in [0.05, 0.1) is 4.92 Å². The van der Waals surface area contributed by atoms with Crippen molar-refractivity contribution in [1.29, 1.82) is 0 Å². The maximum Gasteiger partial charge on any atom is 0.273 e. The highest BCUT2D eigenvalue weighted by Crippen LogP contribution is 2.24. The average molecular weight is 271 g/mol. The van der Waals surface area contributed by atoms with Crippen LogP contribution in [0.4, 0.5) is 17.1 Å². The fourth-order valence-electron chi connectivity index (χ4n) is 1.62. The zero-order valence-corrected chi connectivity index (χ0v) is 11.4. The zero-order valence-electron chi connectivity index (χ0n) is 10.6. The van der Waals surface area contributed by atoms with Crippen LogP contribution in [0, 0.1) is 10.1 Å². The number of nitro benzene ring substituents is 1. The van der Waals surface area contributed by atoms with Gasteiger partial charge < -0.3 is 10.6 Å². The molecule has 0 aliphatic carbocycles. The van der Waals surface area contributed by atoms with E-state index < -0.39 is 15.7 Å². The van der Waals surface area contributed by atoms with Crippen molar-refractivity contribution >= 4 is 27.9 Å². The molecule has 0 radical (unpaired) electrons. The topological polar surface area (TPSA) is 84.3 Å². The molecule has 1 rings (SSSR count). The largest absolute Gasteiger partial charge is 0.388 e. The molecule has 18 heavy (non-hydrogen) atoms. The minimum atomic E-state index is -0.903. The minimum absolute atomic E-state index is 0.0115. The highest BCUT2D eigenvalue weighted by atomic mass is 32.2. The molecule has 100 valence electrons. The van der Waals surface area contributed by atoms with E-state index in [0.717, 1.165) is 0 Å². The summed E-state index contributed by atoms with van der Waals surface area (Å²) in [5.74, 6) is 0.498. The van der Waals surface area contributed by atoms with Gasteiger partial charge in [-0.2, -0.15) is 0 Å². The van der Waals surface area contributed by atoms with Crippen LogP contribution >= 0.6 is 0 Å². The van der Waals surface area contributed by atoms with Gasteiger partial charge in [0, 0.05) is 59.4 Å². The average Bonchev–Trinajstić information content (AvgIpc) is 2.27. The molecule has 0 spiro atoms. The molecule has 0 saturated heterocycles. The van der Waals surface area contributed by atoms with Crippen LogP contribution in [0.2, 0.25) is 0 Å². The van der Waals surface area contributed by atoms with Crippen molar-refractivity contribution in [2.45, 2.75) is 13.0 Å². The summed E-state index contributed by atoms with van der Waals surface area (Å²) >= 11 is 0. The summed E-state index contributed by atoms with van der Waals surface area (Å²) in [5.41, 5.74) is 1.33. The molecule has 0 heterocycles. The first-order valence-electron chi connectivity index (χ1n) is 5.46. The number of anilines is 2. The lowest BCUT2D eigenvalue weighted by Gasteiger charge is -2.14. The fourth-order valence-corrected chi connectivity index (χ4v) is 2.41. The highest BCUT2D eigenvalue weighted by molar-refractivity contribution is 7.84. The molecule has 7 heteroatoms. The van der Waals surface area contributed by atoms with E-state index in [1.807, 2.05) is 6.92 Å². The molecule has 0 aliphatic heterocycles. The van der Waals surface area contributed by atoms with Gasteiger partial charge >= 0.3 is 0 Å². The van der Waals surface area contributed by atoms with E-state index in [1.54, 1.807) is 19.4 Å². The minimum Gasteiger partial charge on any atom is -0.388 e. The highest BCUT2D eigenvalue weighted by Gasteiger charge is 2.11. The maximum absolute atomic E-state index is 11.1. The predicted octanol–water partition coefficient (Wildman–Crippen LogP) is 1.82. The summed E-state index contributed by atoms with van der Waals surface area (Å²) in [7, 11) is 0.799. The summed E-state index contributed by atoms with van der Waals surface area (Å²) in [6, 6.07) is 4.70. The number of nitrogens with one attached hydrogen (secondary N) is 2. The lowest BCUT2D eigenvalue weighted by molar-refractivity contribution is -0.384. The molecular formula is C11H17N3O3S. The van der Waals surface area contributed by atoms with E-state index in [1.165, 1.54) is 12.1 Å². The first-order valence-corrected chi connectivity index (χ1v) is 7.19. The van der Waals surface area contributed by atoms with E-state index in [9.17, 15) is 14.3 Å². The Bertz CT molecular complexity index is 465. The Balaban J connectivity index is 2.90. The van der Waals surface area contributed by atoms with E-state index >= 15 is 0 Å². The summed E-state index contributed by atoms with van der Waals surface area (Å²) in [4.78, 5) is 10.4. The Morgan fingerprint density at radius 1 is 1.39 bits per heavy atom. The van der Waals surface area contributed by atoms with Gasteiger partial charge in [0.1, 0.15) is 0 Å². The Morgan fingerprint density at radius 2 is 2.00 bits per heavy atom. The molecule has 2 unspecified atom stereocenters. The molecule has 1 aromatic rings. The summed E-state index contributed by atoms with van der Waals surface area (Å²) in [6.07, 6.45) is 1.63. The van der Waals surface area contributed by atoms with Crippen LogP contribution in [-0.4, -0.2) is 34.2 Å². The molecule has 2 atom stereocenters. The van der Waals surface area contributed by atoms with Crippen LogP contribution in [0.25, 0.3) is 0 Å². The van der Waals surface area contributed by atoms with Gasteiger partial charge in [0.2, 0.25) is 0 Å². The molecule has 6 nitrogen and oxygen atoms in total. The monoisotopic (exact) mass is 271 g/mol. The van der Waals surface area contributed by atoms with Gasteiger partial charge in [-0.3, -0.25) is 14.3 Å². The van der Waals surface area contributed by atoms with E-state index in [4.69, 9.17) is 0 Å². The SMILES string of the molecule is CNc1cc(NC(C)CS(C)=O)cc([N+](=O)[O-])c1. The predicted molar refractivity (Wildman–Crippen MR) is 74.7 cm³/mol. The number of hydrogen-bond donors (Lipinski definition) is 2. The van der Waals surface area contributed by atoms with Crippen molar-refractivity contribution in [3.8, 4) is 0 Å². The number of nitro groups is 1. The third kappa shape index (κ3) is 4.33. The molecular weight excluding hydrogens is 254 g/mol. The zero-order chi connectivity index (χ0) is 13.7.